The molecule has 2 aromatic rings. The van der Waals surface area contributed by atoms with E-state index in [-0.39, 0.29) is 5.82 Å². The molecule has 0 radical (unpaired) electrons. The Labute approximate surface area is 118 Å². The summed E-state index contributed by atoms with van der Waals surface area (Å²) in [5.41, 5.74) is 1.79. The Morgan fingerprint density at radius 3 is 2.68 bits per heavy atom. The van der Waals surface area contributed by atoms with Gasteiger partial charge >= 0.3 is 0 Å². The van der Waals surface area contributed by atoms with Crippen LogP contribution in [0.5, 0.6) is 0 Å². The topological polar surface area (TPSA) is 20.7 Å². The smallest absolute Gasteiger partial charge is 0.178 e. The van der Waals surface area contributed by atoms with Crippen molar-refractivity contribution in [2.24, 2.45) is 0 Å². The summed E-state index contributed by atoms with van der Waals surface area (Å²) in [7, 11) is 0. The van der Waals surface area contributed by atoms with Gasteiger partial charge in [-0.3, -0.25) is 0 Å². The third-order valence-corrected chi connectivity index (χ3v) is 3.79. The van der Waals surface area contributed by atoms with Gasteiger partial charge < -0.3 is 9.55 Å². The molecule has 2 rings (SSSR count). The molecule has 0 saturated carbocycles. The molecular weight excluding hydrogens is 259 g/mol. The average molecular weight is 280 g/mol. The van der Waals surface area contributed by atoms with E-state index in [1.165, 1.54) is 44.2 Å². The van der Waals surface area contributed by atoms with Crippen LogP contribution in [0, 0.1) is 10.6 Å². The molecule has 0 aliphatic heterocycles. The Balaban J connectivity index is 1.97. The molecule has 0 atom stereocenters. The van der Waals surface area contributed by atoms with Gasteiger partial charge in [-0.05, 0) is 36.8 Å². The van der Waals surface area contributed by atoms with Crippen molar-refractivity contribution in [2.45, 2.75) is 52.0 Å². The van der Waals surface area contributed by atoms with Crippen molar-refractivity contribution in [1.29, 1.82) is 0 Å². The minimum absolute atomic E-state index is 0.226. The summed E-state index contributed by atoms with van der Waals surface area (Å²) in [6.45, 7) is 3.14. The first kappa shape index (κ1) is 14.3. The maximum atomic E-state index is 13.1. The predicted molar refractivity (Wildman–Crippen MR) is 80.5 cm³/mol. The number of aromatic amines is 1. The van der Waals surface area contributed by atoms with Crippen molar-refractivity contribution >= 4 is 23.3 Å². The van der Waals surface area contributed by atoms with Crippen LogP contribution in [-0.2, 0) is 6.54 Å². The second-order valence-corrected chi connectivity index (χ2v) is 5.40. The largest absolute Gasteiger partial charge is 0.330 e. The summed E-state index contributed by atoms with van der Waals surface area (Å²) in [5, 5.41) is 0. The molecule has 0 amide bonds. The molecule has 1 aromatic heterocycles. The molecule has 0 saturated heterocycles. The van der Waals surface area contributed by atoms with Crippen molar-refractivity contribution in [3.05, 3.63) is 28.8 Å². The van der Waals surface area contributed by atoms with Crippen LogP contribution in [0.2, 0.25) is 0 Å². The van der Waals surface area contributed by atoms with Crippen molar-refractivity contribution in [3.63, 3.8) is 0 Å². The maximum Gasteiger partial charge on any atom is 0.178 e. The van der Waals surface area contributed by atoms with E-state index in [1.54, 1.807) is 6.07 Å². The van der Waals surface area contributed by atoms with Crippen LogP contribution in [0.1, 0.15) is 45.4 Å². The van der Waals surface area contributed by atoms with Gasteiger partial charge in [0.05, 0.1) is 11.0 Å². The highest BCUT2D eigenvalue weighted by molar-refractivity contribution is 7.71. The van der Waals surface area contributed by atoms with Gasteiger partial charge in [-0.15, -0.1) is 0 Å². The molecule has 0 aliphatic rings. The van der Waals surface area contributed by atoms with E-state index in [0.29, 0.717) is 4.77 Å². The SMILES string of the molecule is CCCCCCCCn1c(=S)[nH]c2cc(F)ccc21. The van der Waals surface area contributed by atoms with E-state index in [4.69, 9.17) is 12.2 Å². The highest BCUT2D eigenvalue weighted by Crippen LogP contribution is 2.17. The van der Waals surface area contributed by atoms with Gasteiger partial charge in [0.15, 0.2) is 4.77 Å². The van der Waals surface area contributed by atoms with Gasteiger partial charge in [-0.25, -0.2) is 4.39 Å². The number of hydrogen-bond donors (Lipinski definition) is 1. The third kappa shape index (κ3) is 3.66. The molecule has 2 nitrogen and oxygen atoms in total. The molecule has 0 fully saturated rings. The van der Waals surface area contributed by atoms with Gasteiger partial charge in [-0.1, -0.05) is 39.0 Å². The zero-order valence-electron chi connectivity index (χ0n) is 11.4. The van der Waals surface area contributed by atoms with Crippen LogP contribution in [0.25, 0.3) is 11.0 Å². The number of nitrogens with one attached hydrogen (secondary N) is 1. The molecule has 0 unspecified atom stereocenters. The number of unbranched alkanes of at least 4 members (excludes halogenated alkanes) is 5. The van der Waals surface area contributed by atoms with Gasteiger partial charge in [0.1, 0.15) is 5.82 Å². The lowest BCUT2D eigenvalue weighted by atomic mass is 10.1. The lowest BCUT2D eigenvalue weighted by molar-refractivity contribution is 0.561. The highest BCUT2D eigenvalue weighted by Gasteiger charge is 2.04. The molecule has 1 heterocycles. The molecule has 1 N–H and O–H groups in total. The van der Waals surface area contributed by atoms with Gasteiger partial charge in [0.2, 0.25) is 0 Å². The van der Waals surface area contributed by atoms with E-state index in [1.807, 2.05) is 0 Å². The van der Waals surface area contributed by atoms with E-state index in [9.17, 15) is 4.39 Å². The summed E-state index contributed by atoms with van der Waals surface area (Å²) in [6, 6.07) is 4.79. The number of aromatic nitrogens is 2. The lowest BCUT2D eigenvalue weighted by Crippen LogP contribution is -1.98. The Morgan fingerprint density at radius 1 is 1.16 bits per heavy atom. The molecule has 0 aliphatic carbocycles. The fourth-order valence-corrected chi connectivity index (χ4v) is 2.71. The van der Waals surface area contributed by atoms with Crippen molar-refractivity contribution in [3.8, 4) is 0 Å². The number of fused-ring (bicyclic) bond motifs is 1. The van der Waals surface area contributed by atoms with Crippen LogP contribution >= 0.6 is 12.2 Å². The zero-order valence-corrected chi connectivity index (χ0v) is 12.2. The predicted octanol–water partition coefficient (Wildman–Crippen LogP) is 5.20. The van der Waals surface area contributed by atoms with E-state index >= 15 is 0 Å². The standard InChI is InChI=1S/C15H21FN2S/c1-2-3-4-5-6-7-10-18-14-9-8-12(16)11-13(14)17-15(18)19/h8-9,11H,2-7,10H2,1H3,(H,17,19). The Bertz CT molecular complexity index is 585. The highest BCUT2D eigenvalue weighted by atomic mass is 32.1. The number of benzene rings is 1. The van der Waals surface area contributed by atoms with Crippen LogP contribution in [0.15, 0.2) is 18.2 Å². The quantitative estimate of drug-likeness (QED) is 0.546. The van der Waals surface area contributed by atoms with Gasteiger partial charge in [0.25, 0.3) is 0 Å². The fraction of sp³-hybridized carbons (Fsp3) is 0.533. The summed E-state index contributed by atoms with van der Waals surface area (Å²) in [6.07, 6.45) is 7.57. The molecule has 19 heavy (non-hydrogen) atoms. The summed E-state index contributed by atoms with van der Waals surface area (Å²) in [5.74, 6) is -0.226. The second kappa shape index (κ2) is 6.85. The Morgan fingerprint density at radius 2 is 1.89 bits per heavy atom. The third-order valence-electron chi connectivity index (χ3n) is 3.47. The van der Waals surface area contributed by atoms with Crippen LogP contribution in [0.3, 0.4) is 0 Å². The van der Waals surface area contributed by atoms with E-state index in [2.05, 4.69) is 16.5 Å². The first-order valence-corrected chi connectivity index (χ1v) is 7.51. The molecule has 1 aromatic carbocycles. The van der Waals surface area contributed by atoms with Crippen LogP contribution in [0.4, 0.5) is 4.39 Å². The molecular formula is C15H21FN2S. The van der Waals surface area contributed by atoms with Gasteiger partial charge in [-0.2, -0.15) is 0 Å². The summed E-state index contributed by atoms with van der Waals surface area (Å²) < 4.78 is 15.9. The monoisotopic (exact) mass is 280 g/mol. The van der Waals surface area contributed by atoms with Crippen molar-refractivity contribution in [1.82, 2.24) is 9.55 Å². The number of aryl methyl sites for hydroxylation is 1. The molecule has 104 valence electrons. The minimum Gasteiger partial charge on any atom is -0.330 e. The van der Waals surface area contributed by atoms with E-state index in [0.717, 1.165) is 24.0 Å². The van der Waals surface area contributed by atoms with Gasteiger partial charge in [0, 0.05) is 6.54 Å². The lowest BCUT2D eigenvalue weighted by Gasteiger charge is -2.04. The first-order valence-electron chi connectivity index (χ1n) is 7.10. The first-order chi connectivity index (χ1) is 9.22. The fourth-order valence-electron chi connectivity index (χ4n) is 2.41. The van der Waals surface area contributed by atoms with Crippen LogP contribution in [-0.4, -0.2) is 9.55 Å². The number of halogens is 1. The maximum absolute atomic E-state index is 13.1. The second-order valence-electron chi connectivity index (χ2n) is 5.01. The number of H-pyrrole nitrogens is 1. The number of rotatable bonds is 7. The van der Waals surface area contributed by atoms with E-state index < -0.39 is 0 Å². The van der Waals surface area contributed by atoms with Crippen LogP contribution < -0.4 is 0 Å². The minimum atomic E-state index is -0.226. The number of hydrogen-bond acceptors (Lipinski definition) is 1. The Kier molecular flexibility index (Phi) is 5.14. The summed E-state index contributed by atoms with van der Waals surface area (Å²) >= 11 is 5.30. The number of imidazole rings is 1. The normalized spacial score (nSPS) is 11.3. The van der Waals surface area contributed by atoms with Crippen molar-refractivity contribution < 1.29 is 4.39 Å². The molecule has 0 spiro atoms. The van der Waals surface area contributed by atoms with Crippen molar-refractivity contribution in [2.75, 3.05) is 0 Å². The summed E-state index contributed by atoms with van der Waals surface area (Å²) in [4.78, 5) is 3.07. The molecule has 0 bridgehead atoms. The number of nitrogens with zero attached hydrogens (tertiary/aromatic N) is 1. The Hall–Kier alpha value is -1.16. The average Bonchev–Trinajstić information content (AvgIpc) is 2.69. The molecule has 4 heteroatoms. The zero-order chi connectivity index (χ0) is 13.7.